The van der Waals surface area contributed by atoms with Crippen molar-refractivity contribution in [3.05, 3.63) is 0 Å². The second-order valence-corrected chi connectivity index (χ2v) is 6.29. The molecule has 1 unspecified atom stereocenters. The highest BCUT2D eigenvalue weighted by molar-refractivity contribution is 7.80. The van der Waals surface area contributed by atoms with E-state index in [1.807, 2.05) is 0 Å². The first-order valence-electron chi connectivity index (χ1n) is 7.61. The van der Waals surface area contributed by atoms with Crippen LogP contribution in [0.4, 0.5) is 0 Å². The highest BCUT2D eigenvalue weighted by Crippen LogP contribution is 2.47. The molecule has 0 aromatic rings. The molecule has 0 amide bonds. The van der Waals surface area contributed by atoms with Gasteiger partial charge in [-0.3, -0.25) is 0 Å². The Balaban J connectivity index is 1.86. The molecular formula is C14H27BOS. The topological polar surface area (TPSA) is 9.23 Å². The summed E-state index contributed by atoms with van der Waals surface area (Å²) in [5, 5.41) is 0. The summed E-state index contributed by atoms with van der Waals surface area (Å²) in [4.78, 5) is 0. The van der Waals surface area contributed by atoms with Gasteiger partial charge in [-0.05, 0) is 18.1 Å². The summed E-state index contributed by atoms with van der Waals surface area (Å²) in [5.74, 6) is 2.63. The molecule has 2 rings (SSSR count). The third-order valence-electron chi connectivity index (χ3n) is 4.66. The molecule has 2 aliphatic rings. The lowest BCUT2D eigenvalue weighted by molar-refractivity contribution is 0.185. The number of thiol groups is 1. The Labute approximate surface area is 113 Å². The minimum atomic E-state index is 0.407. The zero-order chi connectivity index (χ0) is 12.1. The van der Waals surface area contributed by atoms with E-state index in [9.17, 15) is 0 Å². The Kier molecular flexibility index (Phi) is 5.75. The maximum absolute atomic E-state index is 6.43. The predicted molar refractivity (Wildman–Crippen MR) is 79.2 cm³/mol. The summed E-state index contributed by atoms with van der Waals surface area (Å²) in [6.45, 7) is 2.83. The summed E-state index contributed by atoms with van der Waals surface area (Å²) >= 11 is 4.47. The van der Waals surface area contributed by atoms with Gasteiger partial charge in [0, 0.05) is 11.9 Å². The molecule has 0 radical (unpaired) electrons. The van der Waals surface area contributed by atoms with E-state index >= 15 is 0 Å². The zero-order valence-electron chi connectivity index (χ0n) is 11.2. The first-order chi connectivity index (χ1) is 8.35. The maximum Gasteiger partial charge on any atom is 0.299 e. The monoisotopic (exact) mass is 254 g/mol. The van der Waals surface area contributed by atoms with Crippen LogP contribution in [-0.4, -0.2) is 18.8 Å². The molecule has 0 saturated carbocycles. The highest BCUT2D eigenvalue weighted by Gasteiger charge is 2.41. The summed E-state index contributed by atoms with van der Waals surface area (Å²) < 4.78 is 6.43. The van der Waals surface area contributed by atoms with Gasteiger partial charge in [0.25, 0.3) is 6.92 Å². The van der Waals surface area contributed by atoms with Crippen molar-refractivity contribution in [3.8, 4) is 0 Å². The fraction of sp³-hybridized carbons (Fsp3) is 1.00. The van der Waals surface area contributed by atoms with E-state index in [4.69, 9.17) is 4.65 Å². The first-order valence-corrected chi connectivity index (χ1v) is 8.24. The second-order valence-electron chi connectivity index (χ2n) is 5.93. The van der Waals surface area contributed by atoms with Gasteiger partial charge in [0.2, 0.25) is 0 Å². The first kappa shape index (κ1) is 13.8. The summed E-state index contributed by atoms with van der Waals surface area (Å²) in [6, 6.07) is 0. The third-order valence-corrected chi connectivity index (χ3v) is 5.07. The quantitative estimate of drug-likeness (QED) is 0.538. The van der Waals surface area contributed by atoms with E-state index in [1.54, 1.807) is 0 Å². The summed E-state index contributed by atoms with van der Waals surface area (Å²) in [6.07, 6.45) is 12.7. The molecule has 3 heteroatoms. The fourth-order valence-electron chi connectivity index (χ4n) is 3.69. The molecule has 0 aliphatic carbocycles. The summed E-state index contributed by atoms with van der Waals surface area (Å²) in [5.41, 5.74) is 0. The van der Waals surface area contributed by atoms with E-state index in [-0.39, 0.29) is 0 Å². The largest absolute Gasteiger partial charge is 0.432 e. The lowest BCUT2D eigenvalue weighted by Gasteiger charge is -2.41. The molecule has 1 nitrogen and oxygen atoms in total. The van der Waals surface area contributed by atoms with Crippen LogP contribution in [0.2, 0.25) is 11.6 Å². The van der Waals surface area contributed by atoms with Crippen molar-refractivity contribution in [2.45, 2.75) is 82.4 Å². The molecule has 0 aromatic carbocycles. The van der Waals surface area contributed by atoms with Crippen molar-refractivity contribution in [2.24, 2.45) is 0 Å². The molecule has 2 fully saturated rings. The van der Waals surface area contributed by atoms with Crippen LogP contribution in [0.15, 0.2) is 0 Å². The van der Waals surface area contributed by atoms with E-state index < -0.39 is 0 Å². The number of unbranched alkanes of at least 4 members (excludes halogenated alkanes) is 1. The lowest BCUT2D eigenvalue weighted by Crippen LogP contribution is -2.40. The van der Waals surface area contributed by atoms with E-state index in [1.165, 1.54) is 57.8 Å². The number of hydrogen-bond acceptors (Lipinski definition) is 2. The Bertz CT molecular complexity index is 202. The number of fused-ring (bicyclic) bond motifs is 2. The molecule has 98 valence electrons. The second kappa shape index (κ2) is 7.08. The number of rotatable bonds is 6. The van der Waals surface area contributed by atoms with Gasteiger partial charge in [-0.2, -0.15) is 12.6 Å². The van der Waals surface area contributed by atoms with Crippen LogP contribution in [-0.2, 0) is 4.65 Å². The molecular weight excluding hydrogens is 227 g/mol. The van der Waals surface area contributed by atoms with Crippen LogP contribution in [0.1, 0.15) is 64.7 Å². The van der Waals surface area contributed by atoms with Gasteiger partial charge in [-0.15, -0.1) is 0 Å². The highest BCUT2D eigenvalue weighted by atomic mass is 32.1. The van der Waals surface area contributed by atoms with Crippen molar-refractivity contribution in [2.75, 3.05) is 5.75 Å². The van der Waals surface area contributed by atoms with Gasteiger partial charge in [-0.25, -0.2) is 0 Å². The standard InChI is InChI=1S/C14H27BOS/c1-2-3-10-14(11-17)16-15-12-6-4-7-13(15)9-5-8-12/h12-14,17H,2-11H2,1H3. The molecule has 2 aliphatic heterocycles. The molecule has 2 saturated heterocycles. The van der Waals surface area contributed by atoms with Crippen molar-refractivity contribution >= 4 is 19.5 Å². The average molecular weight is 254 g/mol. The zero-order valence-corrected chi connectivity index (χ0v) is 12.1. The van der Waals surface area contributed by atoms with Crippen molar-refractivity contribution in [1.82, 2.24) is 0 Å². The van der Waals surface area contributed by atoms with Gasteiger partial charge >= 0.3 is 0 Å². The van der Waals surface area contributed by atoms with Crippen LogP contribution < -0.4 is 0 Å². The lowest BCUT2D eigenvalue weighted by atomic mass is 9.38. The van der Waals surface area contributed by atoms with Crippen molar-refractivity contribution in [3.63, 3.8) is 0 Å². The smallest absolute Gasteiger partial charge is 0.299 e. The van der Waals surface area contributed by atoms with E-state index in [2.05, 4.69) is 19.6 Å². The van der Waals surface area contributed by atoms with Gasteiger partial charge in [-0.1, -0.05) is 58.3 Å². The average Bonchev–Trinajstić information content (AvgIpc) is 2.34. The van der Waals surface area contributed by atoms with E-state index in [0.717, 1.165) is 17.4 Å². The van der Waals surface area contributed by atoms with Gasteiger partial charge in [0.15, 0.2) is 0 Å². The molecule has 0 spiro atoms. The molecule has 2 heterocycles. The Morgan fingerprint density at radius 2 is 1.76 bits per heavy atom. The minimum absolute atomic E-state index is 0.407. The molecule has 0 aromatic heterocycles. The molecule has 0 N–H and O–H groups in total. The Morgan fingerprint density at radius 3 is 2.24 bits per heavy atom. The number of hydrogen-bond donors (Lipinski definition) is 1. The van der Waals surface area contributed by atoms with E-state index in [0.29, 0.717) is 13.0 Å². The van der Waals surface area contributed by atoms with Gasteiger partial charge < -0.3 is 4.65 Å². The van der Waals surface area contributed by atoms with Crippen LogP contribution in [0.25, 0.3) is 0 Å². The van der Waals surface area contributed by atoms with Crippen LogP contribution in [0.3, 0.4) is 0 Å². The normalized spacial score (nSPS) is 30.4. The molecule has 17 heavy (non-hydrogen) atoms. The molecule has 2 bridgehead atoms. The third kappa shape index (κ3) is 3.67. The molecule has 1 atom stereocenters. The van der Waals surface area contributed by atoms with Crippen LogP contribution in [0.5, 0.6) is 0 Å². The van der Waals surface area contributed by atoms with Crippen LogP contribution in [0, 0.1) is 0 Å². The Morgan fingerprint density at radius 1 is 1.18 bits per heavy atom. The maximum atomic E-state index is 6.43. The minimum Gasteiger partial charge on any atom is -0.432 e. The fourth-order valence-corrected chi connectivity index (χ4v) is 3.96. The van der Waals surface area contributed by atoms with Crippen molar-refractivity contribution in [1.29, 1.82) is 0 Å². The van der Waals surface area contributed by atoms with Crippen molar-refractivity contribution < 1.29 is 4.65 Å². The van der Waals surface area contributed by atoms with Gasteiger partial charge in [0.1, 0.15) is 0 Å². The predicted octanol–water partition coefficient (Wildman–Crippen LogP) is 4.59. The summed E-state index contributed by atoms with van der Waals surface area (Å²) in [7, 11) is 0. The van der Waals surface area contributed by atoms with Crippen LogP contribution >= 0.6 is 12.6 Å². The Hall–Kier alpha value is 0.375. The SMILES string of the molecule is CCCCC(CS)OB1C2CCCC1CCC2. The van der Waals surface area contributed by atoms with Gasteiger partial charge in [0.05, 0.1) is 0 Å².